The number of rotatable bonds is 6. The van der Waals surface area contributed by atoms with E-state index in [2.05, 4.69) is 6.58 Å². The Labute approximate surface area is 96.6 Å². The van der Waals surface area contributed by atoms with Crippen LogP contribution in [0.15, 0.2) is 12.7 Å². The quantitative estimate of drug-likeness (QED) is 0.397. The Kier molecular flexibility index (Phi) is 6.46. The number of hydrogen-bond donors (Lipinski definition) is 0. The summed E-state index contributed by atoms with van der Waals surface area (Å²) in [6.07, 6.45) is 2.00. The first-order chi connectivity index (χ1) is 7.35. The molecular formula is C12H20O4. The molecule has 0 aliphatic rings. The highest BCUT2D eigenvalue weighted by Crippen LogP contribution is 2.18. The molecule has 0 amide bonds. The third-order valence-electron chi connectivity index (χ3n) is 1.64. The Morgan fingerprint density at radius 1 is 1.19 bits per heavy atom. The van der Waals surface area contributed by atoms with Crippen LogP contribution < -0.4 is 0 Å². The Bertz CT molecular complexity index is 250. The lowest BCUT2D eigenvalue weighted by atomic mass is 9.92. The minimum atomic E-state index is -0.457. The van der Waals surface area contributed by atoms with Gasteiger partial charge >= 0.3 is 11.9 Å². The summed E-state index contributed by atoms with van der Waals surface area (Å²) < 4.78 is 9.70. The lowest BCUT2D eigenvalue weighted by Gasteiger charge is -2.16. The normalized spacial score (nSPS) is 10.7. The molecule has 0 heterocycles. The maximum absolute atomic E-state index is 11.3. The third kappa shape index (κ3) is 9.24. The molecule has 0 saturated heterocycles. The molecule has 0 aliphatic heterocycles. The van der Waals surface area contributed by atoms with Crippen LogP contribution in [0, 0.1) is 5.41 Å². The molecule has 4 heteroatoms. The van der Waals surface area contributed by atoms with Gasteiger partial charge < -0.3 is 9.47 Å². The summed E-state index contributed by atoms with van der Waals surface area (Å²) in [7, 11) is 0. The first kappa shape index (κ1) is 14.7. The van der Waals surface area contributed by atoms with E-state index < -0.39 is 5.97 Å². The first-order valence-corrected chi connectivity index (χ1v) is 5.30. The highest BCUT2D eigenvalue weighted by molar-refractivity contribution is 5.81. The molecule has 0 N–H and O–H groups in total. The Morgan fingerprint density at radius 3 is 2.25 bits per heavy atom. The average Bonchev–Trinajstić information content (AvgIpc) is 2.14. The smallest absolute Gasteiger partial charge is 0.330 e. The summed E-state index contributed by atoms with van der Waals surface area (Å²) in [6, 6.07) is 0. The van der Waals surface area contributed by atoms with Gasteiger partial charge in [-0.15, -0.1) is 0 Å². The van der Waals surface area contributed by atoms with Crippen molar-refractivity contribution in [1.29, 1.82) is 0 Å². The second kappa shape index (κ2) is 7.04. The van der Waals surface area contributed by atoms with Gasteiger partial charge in [0.05, 0.1) is 19.6 Å². The molecule has 16 heavy (non-hydrogen) atoms. The molecule has 0 rings (SSSR count). The van der Waals surface area contributed by atoms with Crippen molar-refractivity contribution < 1.29 is 19.1 Å². The molecule has 0 unspecified atom stereocenters. The fourth-order valence-electron chi connectivity index (χ4n) is 0.961. The van der Waals surface area contributed by atoms with Gasteiger partial charge in [-0.2, -0.15) is 0 Å². The first-order valence-electron chi connectivity index (χ1n) is 5.30. The van der Waals surface area contributed by atoms with Crippen LogP contribution in [0.2, 0.25) is 0 Å². The summed E-state index contributed by atoms with van der Waals surface area (Å²) in [5, 5.41) is 0. The van der Waals surface area contributed by atoms with Crippen LogP contribution >= 0.6 is 0 Å². The molecule has 0 fully saturated rings. The maximum Gasteiger partial charge on any atom is 0.330 e. The van der Waals surface area contributed by atoms with Crippen LogP contribution in [0.5, 0.6) is 0 Å². The van der Waals surface area contributed by atoms with Crippen molar-refractivity contribution in [3.05, 3.63) is 12.7 Å². The number of ether oxygens (including phenoxy) is 2. The molecule has 0 aromatic heterocycles. The molecule has 0 bridgehead atoms. The number of carbonyl (C=O) groups is 2. The van der Waals surface area contributed by atoms with E-state index in [9.17, 15) is 9.59 Å². The van der Waals surface area contributed by atoms with Gasteiger partial charge in [-0.25, -0.2) is 4.79 Å². The predicted molar refractivity (Wildman–Crippen MR) is 60.8 cm³/mol. The zero-order valence-corrected chi connectivity index (χ0v) is 10.2. The van der Waals surface area contributed by atoms with Crippen LogP contribution in [0.3, 0.4) is 0 Å². The maximum atomic E-state index is 11.3. The Morgan fingerprint density at radius 2 is 1.75 bits per heavy atom. The molecule has 92 valence electrons. The molecule has 0 aliphatic carbocycles. The molecular weight excluding hydrogens is 208 g/mol. The van der Waals surface area contributed by atoms with Crippen molar-refractivity contribution in [3.8, 4) is 0 Å². The van der Waals surface area contributed by atoms with Crippen molar-refractivity contribution in [2.45, 2.75) is 33.6 Å². The van der Waals surface area contributed by atoms with E-state index in [-0.39, 0.29) is 24.6 Å². The zero-order valence-electron chi connectivity index (χ0n) is 10.2. The van der Waals surface area contributed by atoms with Crippen LogP contribution in [-0.2, 0) is 19.1 Å². The summed E-state index contributed by atoms with van der Waals surface area (Å²) in [5.41, 5.74) is -0.0631. The molecule has 0 radical (unpaired) electrons. The van der Waals surface area contributed by atoms with Crippen molar-refractivity contribution in [3.63, 3.8) is 0 Å². The lowest BCUT2D eigenvalue weighted by Crippen LogP contribution is -2.16. The van der Waals surface area contributed by atoms with Gasteiger partial charge in [0.1, 0.15) is 0 Å². The minimum Gasteiger partial charge on any atom is -0.466 e. The van der Waals surface area contributed by atoms with Crippen molar-refractivity contribution >= 4 is 11.9 Å². The van der Waals surface area contributed by atoms with Crippen molar-refractivity contribution in [2.24, 2.45) is 5.41 Å². The predicted octanol–water partition coefficient (Wildman–Crippen LogP) is 2.09. The van der Waals surface area contributed by atoms with Gasteiger partial charge in [-0.05, 0) is 5.41 Å². The third-order valence-corrected chi connectivity index (χ3v) is 1.64. The molecule has 0 spiro atoms. The van der Waals surface area contributed by atoms with E-state index >= 15 is 0 Å². The van der Waals surface area contributed by atoms with E-state index in [0.717, 1.165) is 6.08 Å². The van der Waals surface area contributed by atoms with Gasteiger partial charge in [-0.1, -0.05) is 27.4 Å². The van der Waals surface area contributed by atoms with E-state index in [1.165, 1.54) is 0 Å². The zero-order chi connectivity index (χ0) is 12.6. The lowest BCUT2D eigenvalue weighted by molar-refractivity contribution is -0.146. The molecule has 0 aromatic carbocycles. The summed E-state index contributed by atoms with van der Waals surface area (Å²) in [5.74, 6) is -0.677. The van der Waals surface area contributed by atoms with E-state index in [1.54, 1.807) is 0 Å². The number of hydrogen-bond acceptors (Lipinski definition) is 4. The Hall–Kier alpha value is -1.32. The van der Waals surface area contributed by atoms with Crippen LogP contribution in [0.1, 0.15) is 33.6 Å². The summed E-state index contributed by atoms with van der Waals surface area (Å²) in [6.45, 7) is 9.71. The van der Waals surface area contributed by atoms with Gasteiger partial charge in [0, 0.05) is 12.5 Å². The summed E-state index contributed by atoms with van der Waals surface area (Å²) >= 11 is 0. The molecule has 0 atom stereocenters. The van der Waals surface area contributed by atoms with Crippen LogP contribution in [-0.4, -0.2) is 25.2 Å². The van der Waals surface area contributed by atoms with Gasteiger partial charge in [0.2, 0.25) is 0 Å². The largest absolute Gasteiger partial charge is 0.466 e. The average molecular weight is 228 g/mol. The standard InChI is InChI=1S/C12H20O4/c1-5-10(13)15-7-6-8-16-11(14)9-12(2,3)4/h5H,1,6-9H2,2-4H3. The van der Waals surface area contributed by atoms with Crippen LogP contribution in [0.25, 0.3) is 0 Å². The Balaban J connectivity index is 3.49. The second-order valence-corrected chi connectivity index (χ2v) is 4.68. The van der Waals surface area contributed by atoms with Crippen LogP contribution in [0.4, 0.5) is 0 Å². The SMILES string of the molecule is C=CC(=O)OCCCOC(=O)CC(C)(C)C. The molecule has 0 saturated carbocycles. The fraction of sp³-hybridized carbons (Fsp3) is 0.667. The van der Waals surface area contributed by atoms with Crippen molar-refractivity contribution in [2.75, 3.05) is 13.2 Å². The minimum absolute atomic E-state index is 0.0631. The van der Waals surface area contributed by atoms with E-state index in [4.69, 9.17) is 9.47 Å². The van der Waals surface area contributed by atoms with Gasteiger partial charge in [0.15, 0.2) is 0 Å². The number of esters is 2. The summed E-state index contributed by atoms with van der Waals surface area (Å²) in [4.78, 5) is 21.9. The van der Waals surface area contributed by atoms with E-state index in [0.29, 0.717) is 12.8 Å². The molecule has 0 aromatic rings. The fourth-order valence-corrected chi connectivity index (χ4v) is 0.961. The monoisotopic (exact) mass is 228 g/mol. The topological polar surface area (TPSA) is 52.6 Å². The van der Waals surface area contributed by atoms with Crippen molar-refractivity contribution in [1.82, 2.24) is 0 Å². The second-order valence-electron chi connectivity index (χ2n) is 4.68. The van der Waals surface area contributed by atoms with Gasteiger partial charge in [-0.3, -0.25) is 4.79 Å². The molecule has 4 nitrogen and oxygen atoms in total. The highest BCUT2D eigenvalue weighted by atomic mass is 16.5. The highest BCUT2D eigenvalue weighted by Gasteiger charge is 2.16. The van der Waals surface area contributed by atoms with E-state index in [1.807, 2.05) is 20.8 Å². The van der Waals surface area contributed by atoms with Gasteiger partial charge in [0.25, 0.3) is 0 Å². The number of carbonyl (C=O) groups excluding carboxylic acids is 2.